The average molecular weight is 258 g/mol. The van der Waals surface area contributed by atoms with Crippen molar-refractivity contribution in [3.63, 3.8) is 0 Å². The number of hydrogen-bond acceptors (Lipinski definition) is 5. The SMILES string of the molecule is CC(C)(C)OC(=O)N1CC2(COC(CN)OC2)C1. The van der Waals surface area contributed by atoms with E-state index in [1.54, 1.807) is 4.90 Å². The van der Waals surface area contributed by atoms with E-state index in [1.807, 2.05) is 20.8 Å². The lowest BCUT2D eigenvalue weighted by molar-refractivity contribution is -0.249. The van der Waals surface area contributed by atoms with E-state index >= 15 is 0 Å². The van der Waals surface area contributed by atoms with Crippen molar-refractivity contribution in [1.82, 2.24) is 4.90 Å². The topological polar surface area (TPSA) is 74.0 Å². The monoisotopic (exact) mass is 258 g/mol. The normalized spacial score (nSPS) is 23.9. The minimum atomic E-state index is -0.454. The molecule has 2 saturated heterocycles. The summed E-state index contributed by atoms with van der Waals surface area (Å²) in [7, 11) is 0. The first-order chi connectivity index (χ1) is 8.34. The summed E-state index contributed by atoms with van der Waals surface area (Å²) in [5.41, 5.74) is 4.94. The fraction of sp³-hybridized carbons (Fsp3) is 0.917. The predicted molar refractivity (Wildman–Crippen MR) is 65.0 cm³/mol. The first-order valence-electron chi connectivity index (χ1n) is 6.25. The number of carbonyl (C=O) groups is 1. The molecule has 104 valence electrons. The minimum Gasteiger partial charge on any atom is -0.444 e. The van der Waals surface area contributed by atoms with Crippen molar-refractivity contribution in [2.45, 2.75) is 32.7 Å². The van der Waals surface area contributed by atoms with Gasteiger partial charge in [-0.3, -0.25) is 0 Å². The molecule has 6 heteroatoms. The molecule has 6 nitrogen and oxygen atoms in total. The Morgan fingerprint density at radius 3 is 2.39 bits per heavy atom. The van der Waals surface area contributed by atoms with E-state index < -0.39 is 5.60 Å². The molecule has 2 aliphatic heterocycles. The van der Waals surface area contributed by atoms with Crippen LogP contribution in [0.1, 0.15) is 20.8 Å². The van der Waals surface area contributed by atoms with E-state index in [-0.39, 0.29) is 17.8 Å². The standard InChI is InChI=1S/C12H22N2O4/c1-11(2,3)18-10(15)14-5-12(6-14)7-16-9(4-13)17-8-12/h9H,4-8,13H2,1-3H3. The maximum Gasteiger partial charge on any atom is 0.410 e. The fourth-order valence-electron chi connectivity index (χ4n) is 2.17. The lowest BCUT2D eigenvalue weighted by Gasteiger charge is -2.52. The number of rotatable bonds is 1. The molecule has 2 heterocycles. The second-order valence-electron chi connectivity index (χ2n) is 6.12. The highest BCUT2D eigenvalue weighted by Crippen LogP contribution is 2.35. The molecule has 0 aromatic heterocycles. The Morgan fingerprint density at radius 1 is 1.39 bits per heavy atom. The van der Waals surface area contributed by atoms with Gasteiger partial charge in [0.25, 0.3) is 0 Å². The molecule has 18 heavy (non-hydrogen) atoms. The summed E-state index contributed by atoms with van der Waals surface area (Å²) in [5.74, 6) is 0. The van der Waals surface area contributed by atoms with Crippen LogP contribution >= 0.6 is 0 Å². The summed E-state index contributed by atoms with van der Waals surface area (Å²) < 4.78 is 16.3. The Bertz CT molecular complexity index is 311. The number of likely N-dealkylation sites (tertiary alicyclic amines) is 1. The zero-order valence-electron chi connectivity index (χ0n) is 11.3. The Hall–Kier alpha value is -0.850. The first-order valence-corrected chi connectivity index (χ1v) is 6.25. The third-order valence-corrected chi connectivity index (χ3v) is 3.05. The zero-order valence-corrected chi connectivity index (χ0v) is 11.3. The molecule has 0 aliphatic carbocycles. The molecule has 2 N–H and O–H groups in total. The number of nitrogens with zero attached hydrogens (tertiary/aromatic N) is 1. The summed E-state index contributed by atoms with van der Waals surface area (Å²) in [6.45, 7) is 8.38. The van der Waals surface area contributed by atoms with Crippen LogP contribution in [0, 0.1) is 5.41 Å². The first kappa shape index (κ1) is 13.6. The molecule has 0 radical (unpaired) electrons. The molecule has 0 saturated carbocycles. The van der Waals surface area contributed by atoms with Gasteiger partial charge in [0.1, 0.15) is 5.60 Å². The lowest BCUT2D eigenvalue weighted by atomic mass is 9.81. The van der Waals surface area contributed by atoms with E-state index in [4.69, 9.17) is 19.9 Å². The van der Waals surface area contributed by atoms with Crippen molar-refractivity contribution >= 4 is 6.09 Å². The molecule has 0 bridgehead atoms. The van der Waals surface area contributed by atoms with Crippen molar-refractivity contribution in [2.75, 3.05) is 32.8 Å². The number of carbonyl (C=O) groups excluding carboxylic acids is 1. The van der Waals surface area contributed by atoms with Crippen LogP contribution in [0.4, 0.5) is 4.79 Å². The second kappa shape index (κ2) is 4.68. The van der Waals surface area contributed by atoms with Crippen LogP contribution in [0.5, 0.6) is 0 Å². The van der Waals surface area contributed by atoms with E-state index in [2.05, 4.69) is 0 Å². The summed E-state index contributed by atoms with van der Waals surface area (Å²) >= 11 is 0. The largest absolute Gasteiger partial charge is 0.444 e. The van der Waals surface area contributed by atoms with Gasteiger partial charge in [0.15, 0.2) is 6.29 Å². The van der Waals surface area contributed by atoms with Gasteiger partial charge >= 0.3 is 6.09 Å². The van der Waals surface area contributed by atoms with E-state index in [1.165, 1.54) is 0 Å². The van der Waals surface area contributed by atoms with Crippen LogP contribution in [0.15, 0.2) is 0 Å². The number of nitrogens with two attached hydrogens (primary N) is 1. The van der Waals surface area contributed by atoms with Gasteiger partial charge in [-0.2, -0.15) is 0 Å². The molecule has 2 rings (SSSR count). The Balaban J connectivity index is 1.78. The Labute approximate surface area is 107 Å². The van der Waals surface area contributed by atoms with E-state index in [0.29, 0.717) is 32.8 Å². The van der Waals surface area contributed by atoms with Gasteiger partial charge < -0.3 is 24.8 Å². The van der Waals surface area contributed by atoms with Crippen LogP contribution in [0.25, 0.3) is 0 Å². The molecule has 0 aromatic rings. The molecule has 0 unspecified atom stereocenters. The van der Waals surface area contributed by atoms with Gasteiger partial charge in [0.05, 0.1) is 18.6 Å². The maximum absolute atomic E-state index is 11.8. The van der Waals surface area contributed by atoms with Gasteiger partial charge in [-0.05, 0) is 20.8 Å². The number of hydrogen-bond donors (Lipinski definition) is 1. The van der Waals surface area contributed by atoms with Gasteiger partial charge in [0, 0.05) is 19.6 Å². The van der Waals surface area contributed by atoms with Crippen LogP contribution in [-0.4, -0.2) is 55.7 Å². The molecular weight excluding hydrogens is 236 g/mol. The zero-order chi connectivity index (χ0) is 13.4. The van der Waals surface area contributed by atoms with Crippen molar-refractivity contribution in [2.24, 2.45) is 11.1 Å². The molecular formula is C12H22N2O4. The third kappa shape index (κ3) is 2.93. The van der Waals surface area contributed by atoms with Crippen LogP contribution in [0.2, 0.25) is 0 Å². The molecule has 1 amide bonds. The number of amides is 1. The highest BCUT2D eigenvalue weighted by Gasteiger charge is 2.49. The van der Waals surface area contributed by atoms with Crippen LogP contribution < -0.4 is 5.73 Å². The quantitative estimate of drug-likeness (QED) is 0.743. The van der Waals surface area contributed by atoms with Crippen LogP contribution in [-0.2, 0) is 14.2 Å². The fourth-order valence-corrected chi connectivity index (χ4v) is 2.17. The lowest BCUT2D eigenvalue weighted by Crippen LogP contribution is -2.65. The number of ether oxygens (including phenoxy) is 3. The molecule has 2 fully saturated rings. The second-order valence-corrected chi connectivity index (χ2v) is 6.12. The van der Waals surface area contributed by atoms with Crippen molar-refractivity contribution in [3.8, 4) is 0 Å². The van der Waals surface area contributed by atoms with E-state index in [9.17, 15) is 4.79 Å². The minimum absolute atomic E-state index is 0.0669. The summed E-state index contributed by atoms with van der Waals surface area (Å²) in [5, 5.41) is 0. The van der Waals surface area contributed by atoms with E-state index in [0.717, 1.165) is 0 Å². The third-order valence-electron chi connectivity index (χ3n) is 3.05. The Morgan fingerprint density at radius 2 is 1.94 bits per heavy atom. The molecule has 0 atom stereocenters. The highest BCUT2D eigenvalue weighted by molar-refractivity contribution is 5.69. The summed E-state index contributed by atoms with van der Waals surface area (Å²) in [6.07, 6.45) is -0.569. The van der Waals surface area contributed by atoms with Gasteiger partial charge in [-0.25, -0.2) is 4.79 Å². The maximum atomic E-state index is 11.8. The predicted octanol–water partition coefficient (Wildman–Crippen LogP) is 0.555. The van der Waals surface area contributed by atoms with Gasteiger partial charge in [0.2, 0.25) is 0 Å². The average Bonchev–Trinajstić information content (AvgIpc) is 2.23. The van der Waals surface area contributed by atoms with Crippen molar-refractivity contribution in [1.29, 1.82) is 0 Å². The van der Waals surface area contributed by atoms with Crippen LogP contribution in [0.3, 0.4) is 0 Å². The summed E-state index contributed by atoms with van der Waals surface area (Å²) in [4.78, 5) is 13.5. The van der Waals surface area contributed by atoms with Crippen molar-refractivity contribution < 1.29 is 19.0 Å². The molecule has 0 aromatic carbocycles. The summed E-state index contributed by atoms with van der Waals surface area (Å²) in [6, 6.07) is 0. The molecule has 2 aliphatic rings. The van der Waals surface area contributed by atoms with Gasteiger partial charge in [-0.1, -0.05) is 0 Å². The smallest absolute Gasteiger partial charge is 0.410 e. The van der Waals surface area contributed by atoms with Gasteiger partial charge in [-0.15, -0.1) is 0 Å². The molecule has 1 spiro atoms. The highest BCUT2D eigenvalue weighted by atomic mass is 16.7. The Kier molecular flexibility index (Phi) is 3.53. The van der Waals surface area contributed by atoms with Crippen molar-refractivity contribution in [3.05, 3.63) is 0 Å².